The van der Waals surface area contributed by atoms with Crippen LogP contribution in [0.25, 0.3) is 0 Å². The zero-order valence-corrected chi connectivity index (χ0v) is 14.1. The van der Waals surface area contributed by atoms with Gasteiger partial charge in [-0.05, 0) is 0 Å². The van der Waals surface area contributed by atoms with Gasteiger partial charge in [-0.1, -0.05) is 0 Å². The van der Waals surface area contributed by atoms with Crippen LogP contribution in [0.15, 0.2) is 0 Å². The van der Waals surface area contributed by atoms with Gasteiger partial charge in [0.2, 0.25) is 0 Å². The van der Waals surface area contributed by atoms with Crippen molar-refractivity contribution < 1.29 is 75.1 Å². The fourth-order valence-corrected chi connectivity index (χ4v) is 0. The fourth-order valence-electron chi connectivity index (χ4n) is 0. The normalized spacial score (nSPS) is 0.750. The second-order valence-corrected chi connectivity index (χ2v) is 0. The van der Waals surface area contributed by atoms with Crippen LogP contribution in [0.2, 0.25) is 0 Å². The van der Waals surface area contributed by atoms with Gasteiger partial charge in [0.15, 0.2) is 0 Å². The third-order valence-electron chi connectivity index (χ3n) is 0. The Labute approximate surface area is 116 Å². The summed E-state index contributed by atoms with van der Waals surface area (Å²) < 4.78 is 0. The third kappa shape index (κ3) is 51.3. The van der Waals surface area contributed by atoms with Crippen LogP contribution in [0.5, 0.6) is 0 Å². The molecule has 0 rings (SSSR count). The Kier molecular flexibility index (Phi) is 513. The van der Waals surface area contributed by atoms with E-state index in [1.165, 1.54) is 0 Å². The van der Waals surface area contributed by atoms with Gasteiger partial charge in [0.25, 0.3) is 0 Å². The van der Waals surface area contributed by atoms with Crippen molar-refractivity contribution in [2.24, 2.45) is 0 Å². The maximum absolute atomic E-state index is 3.67. The van der Waals surface area contributed by atoms with Crippen molar-refractivity contribution in [1.82, 2.24) is 0 Å². The van der Waals surface area contributed by atoms with Crippen molar-refractivity contribution in [3.8, 4) is 0 Å². The van der Waals surface area contributed by atoms with Crippen molar-refractivity contribution in [3.63, 3.8) is 0 Å². The quantitative estimate of drug-likeness (QED) is 0.227. The molecule has 0 aliphatic rings. The van der Waals surface area contributed by atoms with Crippen LogP contribution >= 0.6 is 19.8 Å². The van der Waals surface area contributed by atoms with Gasteiger partial charge in [-0.15, -0.1) is 0 Å². The molecule has 0 radical (unpaired) electrons. The molecule has 2 unspecified atom stereocenters. The maximum Gasteiger partial charge on any atom is 0 e. The molecule has 0 fully saturated rings. The van der Waals surface area contributed by atoms with Gasteiger partial charge in [0, 0.05) is 75.1 Å². The Balaban J connectivity index is -0.000000000333. The van der Waals surface area contributed by atoms with Gasteiger partial charge in [-0.3, -0.25) is 0 Å². The molecule has 0 heterocycles. The van der Waals surface area contributed by atoms with Crippen molar-refractivity contribution in [3.05, 3.63) is 0 Å². The molecule has 0 bridgehead atoms. The summed E-state index contributed by atoms with van der Waals surface area (Å²) in [5.41, 5.74) is 0. The molecule has 0 aliphatic carbocycles. The average Bonchev–Trinajstić information content (AvgIpc) is 1.00. The van der Waals surface area contributed by atoms with Crippen molar-refractivity contribution >= 4 is 43.1 Å². The molecule has 8 heteroatoms. The van der Waals surface area contributed by atoms with E-state index < -0.39 is 0 Å². The van der Waals surface area contributed by atoms with Crippen LogP contribution in [-0.2, 0) is 98.4 Å². The Bertz CT molecular complexity index is 16.0. The SMILES string of the molecule is P.P.[Mo].[Mo].[Ni].[Ni].[S-][S-]. The Morgan fingerprint density at radius 1 is 0.625 bits per heavy atom. The van der Waals surface area contributed by atoms with Gasteiger partial charge >= 0.3 is 0 Å². The minimum Gasteiger partial charge on any atom is -1.00 e. The second kappa shape index (κ2) is 69.9. The van der Waals surface area contributed by atoms with Crippen LogP contribution in [0, 0.1) is 0 Å². The Morgan fingerprint density at radius 3 is 0.625 bits per heavy atom. The Hall–Kier alpha value is 3.92. The summed E-state index contributed by atoms with van der Waals surface area (Å²) in [5.74, 6) is 0. The minimum atomic E-state index is 0. The molecule has 0 saturated carbocycles. The molecule has 0 nitrogen and oxygen atoms in total. The van der Waals surface area contributed by atoms with Crippen LogP contribution in [-0.4, -0.2) is 0 Å². The average molecular weight is 441 g/mol. The van der Waals surface area contributed by atoms with E-state index in [1.54, 1.807) is 0 Å². The molecule has 8 heavy (non-hydrogen) atoms. The van der Waals surface area contributed by atoms with E-state index in [0.29, 0.717) is 0 Å². The van der Waals surface area contributed by atoms with Crippen molar-refractivity contribution in [1.29, 1.82) is 0 Å². The first-order valence-corrected chi connectivity index (χ1v) is 1.50. The minimum absolute atomic E-state index is 0. The molecule has 0 N–H and O–H groups in total. The standard InChI is InChI=1S/2Mo.2Ni.2H3P.S2/c;;;;;;1-2/h;;;;2*1H3;/q;;;;;;-2. The van der Waals surface area contributed by atoms with E-state index in [9.17, 15) is 0 Å². The van der Waals surface area contributed by atoms with E-state index in [4.69, 9.17) is 0 Å². The smallest absolute Gasteiger partial charge is 0 e. The largest absolute Gasteiger partial charge is 1.00 e. The first kappa shape index (κ1) is 58.7. The van der Waals surface area contributed by atoms with Gasteiger partial charge in [-0.25, -0.2) is 0 Å². The first-order valence-electron chi connectivity index (χ1n) is 0.167. The first-order chi connectivity index (χ1) is 1.00. The topological polar surface area (TPSA) is 0 Å². The van der Waals surface area contributed by atoms with E-state index in [0.717, 1.165) is 0 Å². The molecule has 0 spiro atoms. The van der Waals surface area contributed by atoms with E-state index in [-0.39, 0.29) is 94.9 Å². The summed E-state index contributed by atoms with van der Waals surface area (Å²) in [7, 11) is 0. The van der Waals surface area contributed by atoms with E-state index in [2.05, 4.69) is 23.3 Å². The van der Waals surface area contributed by atoms with Crippen molar-refractivity contribution in [2.75, 3.05) is 0 Å². The van der Waals surface area contributed by atoms with Crippen LogP contribution < -0.4 is 0 Å². The van der Waals surface area contributed by atoms with Gasteiger partial charge in [0.05, 0.1) is 0 Å². The third-order valence-corrected chi connectivity index (χ3v) is 0. The summed E-state index contributed by atoms with van der Waals surface area (Å²) in [6, 6.07) is 0. The maximum atomic E-state index is 3.67. The zero-order valence-electron chi connectivity index (χ0n) is 3.68. The fraction of sp³-hybridized carbons (Fsp3) is 0. The summed E-state index contributed by atoms with van der Waals surface area (Å²) in [6.07, 6.45) is 0. The zero-order chi connectivity index (χ0) is 2.00. The molecule has 0 aliphatic heterocycles. The van der Waals surface area contributed by atoms with Gasteiger partial charge in [-0.2, -0.15) is 19.8 Å². The molecule has 2 atom stereocenters. The van der Waals surface area contributed by atoms with Crippen LogP contribution in [0.3, 0.4) is 0 Å². The predicted octanol–water partition coefficient (Wildman–Crippen LogP) is 0.101. The molecule has 0 amide bonds. The number of hydrogen-bond acceptors (Lipinski definition) is 2. The van der Waals surface area contributed by atoms with E-state index in [1.807, 2.05) is 0 Å². The summed E-state index contributed by atoms with van der Waals surface area (Å²) >= 11 is 7.33. The molecular weight excluding hydrogens is 435 g/mol. The number of hydrogen-bond donors (Lipinski definition) is 0. The predicted molar refractivity (Wildman–Crippen MR) is 36.9 cm³/mol. The summed E-state index contributed by atoms with van der Waals surface area (Å²) in [4.78, 5) is 0. The molecule has 0 aromatic rings. The van der Waals surface area contributed by atoms with E-state index >= 15 is 0 Å². The molecular formula is H6Mo2Ni2P2S2-2. The molecule has 0 aromatic carbocycles. The summed E-state index contributed by atoms with van der Waals surface area (Å²) in [6.45, 7) is 0. The second-order valence-electron chi connectivity index (χ2n) is 0. The van der Waals surface area contributed by atoms with Crippen LogP contribution in [0.1, 0.15) is 0 Å². The van der Waals surface area contributed by atoms with Crippen LogP contribution in [0.4, 0.5) is 0 Å². The monoisotopic (exact) mass is 444 g/mol. The molecule has 0 aromatic heterocycles. The Morgan fingerprint density at radius 2 is 0.625 bits per heavy atom. The van der Waals surface area contributed by atoms with Gasteiger partial charge < -0.3 is 23.3 Å². The summed E-state index contributed by atoms with van der Waals surface area (Å²) in [5, 5.41) is 0. The van der Waals surface area contributed by atoms with Gasteiger partial charge in [0.1, 0.15) is 0 Å². The molecule has 62 valence electrons. The number of rotatable bonds is 0. The molecule has 0 saturated heterocycles. The van der Waals surface area contributed by atoms with Crippen molar-refractivity contribution in [2.45, 2.75) is 0 Å².